The van der Waals surface area contributed by atoms with Gasteiger partial charge in [-0.05, 0) is 36.2 Å². The molecule has 1 N–H and O–H groups in total. The summed E-state index contributed by atoms with van der Waals surface area (Å²) in [6.07, 6.45) is 0. The van der Waals surface area contributed by atoms with Crippen LogP contribution in [0.25, 0.3) is 0 Å². The van der Waals surface area contributed by atoms with Gasteiger partial charge in [-0.25, -0.2) is 0 Å². The summed E-state index contributed by atoms with van der Waals surface area (Å²) in [5.41, 5.74) is 3.53. The molecule has 2 unspecified atom stereocenters. The molecule has 1 amide bonds. The molecule has 1 heterocycles. The first-order valence-electron chi connectivity index (χ1n) is 8.36. The van der Waals surface area contributed by atoms with E-state index in [0.29, 0.717) is 12.5 Å². The van der Waals surface area contributed by atoms with E-state index in [2.05, 4.69) is 35.3 Å². The molecule has 3 rings (SSSR count). The lowest BCUT2D eigenvalue weighted by Crippen LogP contribution is -2.44. The summed E-state index contributed by atoms with van der Waals surface area (Å²) in [5.74, 6) is 1.30. The number of nitrogens with zero attached hydrogens (tertiary/aromatic N) is 1. The maximum atomic E-state index is 12.6. The molecule has 0 radical (unpaired) electrons. The standard InChI is InChI=1S/C20H24N2O2/c1-14-13-22(19-10-5-4-9-18(14)19)15(2)20(23)21-12-16-7-6-8-17(11-16)24-3/h4-11,14-15H,12-13H2,1-3H3,(H,21,23). The van der Waals surface area contributed by atoms with Crippen LogP contribution in [0.3, 0.4) is 0 Å². The number of fused-ring (bicyclic) bond motifs is 1. The van der Waals surface area contributed by atoms with E-state index in [1.165, 1.54) is 11.3 Å². The molecule has 0 saturated carbocycles. The molecule has 0 fully saturated rings. The first kappa shape index (κ1) is 16.4. The summed E-state index contributed by atoms with van der Waals surface area (Å²) in [7, 11) is 1.64. The Bertz CT molecular complexity index is 729. The van der Waals surface area contributed by atoms with Gasteiger partial charge >= 0.3 is 0 Å². The summed E-state index contributed by atoms with van der Waals surface area (Å²) in [6, 6.07) is 15.9. The summed E-state index contributed by atoms with van der Waals surface area (Å²) in [4.78, 5) is 14.8. The molecule has 2 atom stereocenters. The van der Waals surface area contributed by atoms with Crippen molar-refractivity contribution < 1.29 is 9.53 Å². The smallest absolute Gasteiger partial charge is 0.242 e. The van der Waals surface area contributed by atoms with Gasteiger partial charge in [0.25, 0.3) is 0 Å². The lowest BCUT2D eigenvalue weighted by atomic mass is 10.0. The second-order valence-corrected chi connectivity index (χ2v) is 6.36. The summed E-state index contributed by atoms with van der Waals surface area (Å²) in [5, 5.41) is 3.04. The number of hydrogen-bond donors (Lipinski definition) is 1. The minimum absolute atomic E-state index is 0.0433. The molecule has 1 aliphatic rings. The number of methoxy groups -OCH3 is 1. The Morgan fingerprint density at radius 2 is 2.08 bits per heavy atom. The monoisotopic (exact) mass is 324 g/mol. The highest BCUT2D eigenvalue weighted by Gasteiger charge is 2.31. The molecule has 1 aliphatic heterocycles. The van der Waals surface area contributed by atoms with Gasteiger partial charge in [0.15, 0.2) is 0 Å². The number of carbonyl (C=O) groups excluding carboxylic acids is 1. The molecule has 0 saturated heterocycles. The van der Waals surface area contributed by atoms with E-state index in [0.717, 1.165) is 17.9 Å². The Balaban J connectivity index is 1.65. The van der Waals surface area contributed by atoms with Gasteiger partial charge in [0.05, 0.1) is 7.11 Å². The number of benzene rings is 2. The van der Waals surface area contributed by atoms with Crippen molar-refractivity contribution >= 4 is 11.6 Å². The Morgan fingerprint density at radius 3 is 2.88 bits per heavy atom. The van der Waals surface area contributed by atoms with Crippen molar-refractivity contribution in [1.82, 2.24) is 5.32 Å². The van der Waals surface area contributed by atoms with Gasteiger partial charge in [0.2, 0.25) is 5.91 Å². The van der Waals surface area contributed by atoms with Crippen molar-refractivity contribution in [2.75, 3.05) is 18.6 Å². The van der Waals surface area contributed by atoms with Crippen molar-refractivity contribution in [1.29, 1.82) is 0 Å². The third kappa shape index (κ3) is 3.23. The van der Waals surface area contributed by atoms with Crippen molar-refractivity contribution in [3.8, 4) is 5.75 Å². The van der Waals surface area contributed by atoms with Crippen LogP contribution in [0, 0.1) is 0 Å². The number of anilines is 1. The third-order valence-electron chi connectivity index (χ3n) is 4.70. The SMILES string of the molecule is COc1cccc(CNC(=O)C(C)N2CC(C)c3ccccc32)c1. The number of amides is 1. The van der Waals surface area contributed by atoms with Crippen molar-refractivity contribution in [3.05, 3.63) is 59.7 Å². The van der Waals surface area contributed by atoms with Crippen molar-refractivity contribution in [2.45, 2.75) is 32.4 Å². The van der Waals surface area contributed by atoms with Gasteiger partial charge in [0, 0.05) is 24.7 Å². The Hall–Kier alpha value is -2.49. The number of carbonyl (C=O) groups is 1. The van der Waals surface area contributed by atoms with Crippen LogP contribution in [-0.4, -0.2) is 25.6 Å². The zero-order valence-corrected chi connectivity index (χ0v) is 14.5. The third-order valence-corrected chi connectivity index (χ3v) is 4.70. The summed E-state index contributed by atoms with van der Waals surface area (Å²) >= 11 is 0. The quantitative estimate of drug-likeness (QED) is 0.917. The fourth-order valence-electron chi connectivity index (χ4n) is 3.29. The predicted molar refractivity (Wildman–Crippen MR) is 96.5 cm³/mol. The van der Waals surface area contributed by atoms with Gasteiger partial charge in [-0.3, -0.25) is 4.79 Å². The molecule has 2 aromatic rings. The number of rotatable bonds is 5. The number of para-hydroxylation sites is 1. The lowest BCUT2D eigenvalue weighted by Gasteiger charge is -2.26. The van der Waals surface area contributed by atoms with Gasteiger partial charge in [-0.1, -0.05) is 37.3 Å². The van der Waals surface area contributed by atoms with Crippen LogP contribution in [0.4, 0.5) is 5.69 Å². The lowest BCUT2D eigenvalue weighted by molar-refractivity contribution is -0.122. The first-order valence-corrected chi connectivity index (χ1v) is 8.36. The fourth-order valence-corrected chi connectivity index (χ4v) is 3.29. The van der Waals surface area contributed by atoms with E-state index in [1.54, 1.807) is 7.11 Å². The molecular formula is C20H24N2O2. The second-order valence-electron chi connectivity index (χ2n) is 6.36. The normalized spacial score (nSPS) is 17.3. The second kappa shape index (κ2) is 6.95. The molecule has 126 valence electrons. The number of hydrogen-bond acceptors (Lipinski definition) is 3. The number of ether oxygens (including phenoxy) is 1. The van der Waals surface area contributed by atoms with Crippen LogP contribution >= 0.6 is 0 Å². The van der Waals surface area contributed by atoms with Crippen LogP contribution in [0.2, 0.25) is 0 Å². The van der Waals surface area contributed by atoms with E-state index < -0.39 is 0 Å². The highest BCUT2D eigenvalue weighted by molar-refractivity contribution is 5.85. The van der Waals surface area contributed by atoms with Crippen molar-refractivity contribution in [2.24, 2.45) is 0 Å². The van der Waals surface area contributed by atoms with E-state index in [9.17, 15) is 4.79 Å². The Labute approximate surface area is 143 Å². The van der Waals surface area contributed by atoms with Gasteiger partial charge < -0.3 is 15.0 Å². The highest BCUT2D eigenvalue weighted by Crippen LogP contribution is 2.36. The zero-order chi connectivity index (χ0) is 17.1. The van der Waals surface area contributed by atoms with Crippen LogP contribution in [-0.2, 0) is 11.3 Å². The summed E-state index contributed by atoms with van der Waals surface area (Å²) < 4.78 is 5.22. The fraction of sp³-hybridized carbons (Fsp3) is 0.350. The molecule has 0 bridgehead atoms. The van der Waals surface area contributed by atoms with E-state index in [4.69, 9.17) is 4.74 Å². The first-order chi connectivity index (χ1) is 11.6. The molecule has 2 aromatic carbocycles. The number of nitrogens with one attached hydrogen (secondary N) is 1. The van der Waals surface area contributed by atoms with E-state index in [1.807, 2.05) is 37.3 Å². The minimum atomic E-state index is -0.193. The highest BCUT2D eigenvalue weighted by atomic mass is 16.5. The minimum Gasteiger partial charge on any atom is -0.497 e. The van der Waals surface area contributed by atoms with E-state index >= 15 is 0 Å². The Morgan fingerprint density at radius 1 is 1.29 bits per heavy atom. The molecule has 0 spiro atoms. The molecular weight excluding hydrogens is 300 g/mol. The van der Waals surface area contributed by atoms with Gasteiger partial charge in [-0.2, -0.15) is 0 Å². The molecule has 4 heteroatoms. The average Bonchev–Trinajstić information content (AvgIpc) is 2.96. The zero-order valence-electron chi connectivity index (χ0n) is 14.5. The van der Waals surface area contributed by atoms with E-state index in [-0.39, 0.29) is 11.9 Å². The molecule has 0 aromatic heterocycles. The molecule has 24 heavy (non-hydrogen) atoms. The summed E-state index contributed by atoms with van der Waals surface area (Å²) in [6.45, 7) is 5.56. The van der Waals surface area contributed by atoms with Crippen LogP contribution in [0.1, 0.15) is 30.9 Å². The van der Waals surface area contributed by atoms with Crippen LogP contribution in [0.15, 0.2) is 48.5 Å². The van der Waals surface area contributed by atoms with Gasteiger partial charge in [0.1, 0.15) is 11.8 Å². The maximum absolute atomic E-state index is 12.6. The topological polar surface area (TPSA) is 41.6 Å². The average molecular weight is 324 g/mol. The van der Waals surface area contributed by atoms with Crippen LogP contribution in [0.5, 0.6) is 5.75 Å². The Kier molecular flexibility index (Phi) is 4.74. The maximum Gasteiger partial charge on any atom is 0.242 e. The molecule has 4 nitrogen and oxygen atoms in total. The largest absolute Gasteiger partial charge is 0.497 e. The van der Waals surface area contributed by atoms with Crippen LogP contribution < -0.4 is 15.0 Å². The van der Waals surface area contributed by atoms with Gasteiger partial charge in [-0.15, -0.1) is 0 Å². The van der Waals surface area contributed by atoms with Crippen molar-refractivity contribution in [3.63, 3.8) is 0 Å². The molecule has 0 aliphatic carbocycles. The predicted octanol–water partition coefficient (Wildman–Crippen LogP) is 3.32.